The van der Waals surface area contributed by atoms with Crippen LogP contribution in [0.2, 0.25) is 0 Å². The number of allylic oxidation sites excluding steroid dienone is 1. The van der Waals surface area contributed by atoms with Crippen molar-refractivity contribution in [3.63, 3.8) is 0 Å². The molecular formula is C9H10ClNO3S. The Morgan fingerprint density at radius 3 is 2.87 bits per heavy atom. The van der Waals surface area contributed by atoms with Crippen LogP contribution in [0.4, 0.5) is 0 Å². The van der Waals surface area contributed by atoms with Crippen LogP contribution >= 0.6 is 23.4 Å². The minimum Gasteiger partial charge on any atom is -0.368 e. The Morgan fingerprint density at radius 2 is 2.33 bits per heavy atom. The fourth-order valence-corrected chi connectivity index (χ4v) is 3.37. The van der Waals surface area contributed by atoms with Crippen molar-refractivity contribution in [3.05, 3.63) is 11.3 Å². The number of thioether (sulfide) groups is 1. The number of hydrogen-bond acceptors (Lipinski definition) is 4. The van der Waals surface area contributed by atoms with E-state index in [9.17, 15) is 9.59 Å². The molecule has 0 saturated carbocycles. The number of nitrogens with zero attached hydrogens (tertiary/aromatic N) is 1. The van der Waals surface area contributed by atoms with Crippen LogP contribution in [0.15, 0.2) is 11.3 Å². The lowest BCUT2D eigenvalue weighted by Gasteiger charge is -2.48. The summed E-state index contributed by atoms with van der Waals surface area (Å²) >= 11 is 7.05. The van der Waals surface area contributed by atoms with Crippen LogP contribution in [0.25, 0.3) is 0 Å². The van der Waals surface area contributed by atoms with Crippen molar-refractivity contribution < 1.29 is 14.3 Å². The molecule has 0 N–H and O–H groups in total. The van der Waals surface area contributed by atoms with Crippen LogP contribution in [0.5, 0.6) is 0 Å². The molecule has 0 radical (unpaired) electrons. The van der Waals surface area contributed by atoms with Crippen molar-refractivity contribution in [1.82, 2.24) is 4.90 Å². The minimum atomic E-state index is -0.569. The number of carbonyl (C=O) groups excluding carboxylic acids is 2. The molecule has 0 aromatic heterocycles. The van der Waals surface area contributed by atoms with Gasteiger partial charge < -0.3 is 4.74 Å². The lowest BCUT2D eigenvalue weighted by atomic mass is 10.1. The number of hydrogen-bond donors (Lipinski definition) is 0. The molecule has 0 aromatic rings. The molecule has 0 bridgehead atoms. The van der Waals surface area contributed by atoms with E-state index in [-0.39, 0.29) is 11.3 Å². The van der Waals surface area contributed by atoms with Crippen LogP contribution in [0.1, 0.15) is 6.92 Å². The molecule has 0 spiro atoms. The van der Waals surface area contributed by atoms with Gasteiger partial charge in [0, 0.05) is 12.9 Å². The van der Waals surface area contributed by atoms with E-state index in [1.165, 1.54) is 12.0 Å². The second kappa shape index (κ2) is 3.81. The van der Waals surface area contributed by atoms with Gasteiger partial charge in [-0.15, -0.1) is 11.8 Å². The first-order valence-corrected chi connectivity index (χ1v) is 5.87. The lowest BCUT2D eigenvalue weighted by molar-refractivity contribution is -0.159. The average molecular weight is 248 g/mol. The Morgan fingerprint density at radius 1 is 1.67 bits per heavy atom. The predicted molar refractivity (Wildman–Crippen MR) is 57.4 cm³/mol. The molecule has 2 heterocycles. The maximum Gasteiger partial charge on any atom is 0.268 e. The zero-order chi connectivity index (χ0) is 11.2. The third-order valence-electron chi connectivity index (χ3n) is 2.55. The van der Waals surface area contributed by atoms with Crippen LogP contribution in [0.3, 0.4) is 0 Å². The molecule has 6 heteroatoms. The number of halogens is 1. The number of rotatable bonds is 2. The minimum absolute atomic E-state index is 0.0936. The summed E-state index contributed by atoms with van der Waals surface area (Å²) in [5, 5.41) is -0.662. The monoisotopic (exact) mass is 247 g/mol. The van der Waals surface area contributed by atoms with E-state index in [0.29, 0.717) is 11.4 Å². The maximum atomic E-state index is 11.6. The number of fused-ring (bicyclic) bond motifs is 1. The van der Waals surface area contributed by atoms with Gasteiger partial charge >= 0.3 is 0 Å². The number of carbonyl (C=O) groups is 2. The van der Waals surface area contributed by atoms with Crippen molar-refractivity contribution in [2.45, 2.75) is 18.4 Å². The highest BCUT2D eigenvalue weighted by Gasteiger charge is 2.53. The molecular weight excluding hydrogens is 238 g/mol. The average Bonchev–Trinajstić information content (AvgIpc) is 2.18. The van der Waals surface area contributed by atoms with Gasteiger partial charge in [0.1, 0.15) is 11.1 Å². The summed E-state index contributed by atoms with van der Waals surface area (Å²) in [5.74, 6) is 0.528. The van der Waals surface area contributed by atoms with Gasteiger partial charge in [-0.3, -0.25) is 14.5 Å². The van der Waals surface area contributed by atoms with Gasteiger partial charge in [-0.2, -0.15) is 0 Å². The number of methoxy groups -OCH3 is 1. The third kappa shape index (κ3) is 1.49. The van der Waals surface area contributed by atoms with E-state index < -0.39 is 11.3 Å². The summed E-state index contributed by atoms with van der Waals surface area (Å²) in [6, 6.07) is 0. The van der Waals surface area contributed by atoms with E-state index in [1.54, 1.807) is 11.8 Å². The Balaban J connectivity index is 2.32. The van der Waals surface area contributed by atoms with Crippen molar-refractivity contribution in [1.29, 1.82) is 0 Å². The molecule has 2 atom stereocenters. The molecule has 1 saturated heterocycles. The smallest absolute Gasteiger partial charge is 0.268 e. The van der Waals surface area contributed by atoms with Gasteiger partial charge in [-0.1, -0.05) is 0 Å². The van der Waals surface area contributed by atoms with E-state index >= 15 is 0 Å². The van der Waals surface area contributed by atoms with Gasteiger partial charge in [0.2, 0.25) is 0 Å². The molecule has 15 heavy (non-hydrogen) atoms. The first-order valence-electron chi connectivity index (χ1n) is 4.45. The van der Waals surface area contributed by atoms with Crippen LogP contribution in [-0.4, -0.2) is 40.4 Å². The van der Waals surface area contributed by atoms with Crippen molar-refractivity contribution in [2.24, 2.45) is 0 Å². The highest BCUT2D eigenvalue weighted by Crippen LogP contribution is 2.41. The Kier molecular flexibility index (Phi) is 2.79. The fraction of sp³-hybridized carbons (Fsp3) is 0.556. The summed E-state index contributed by atoms with van der Waals surface area (Å²) in [6.07, 6.45) is -0.436. The van der Waals surface area contributed by atoms with E-state index in [4.69, 9.17) is 16.3 Å². The first kappa shape index (κ1) is 11.0. The molecule has 4 nitrogen and oxygen atoms in total. The molecule has 2 rings (SSSR count). The van der Waals surface area contributed by atoms with Gasteiger partial charge in [-0.05, 0) is 24.1 Å². The lowest BCUT2D eigenvalue weighted by Crippen LogP contribution is -2.65. The van der Waals surface area contributed by atoms with E-state index in [0.717, 1.165) is 5.57 Å². The zero-order valence-electron chi connectivity index (χ0n) is 8.32. The van der Waals surface area contributed by atoms with E-state index in [1.807, 2.05) is 6.92 Å². The van der Waals surface area contributed by atoms with Gasteiger partial charge in [-0.25, -0.2) is 0 Å². The summed E-state index contributed by atoms with van der Waals surface area (Å²) in [5.41, 5.74) is 1.18. The highest BCUT2D eigenvalue weighted by molar-refractivity contribution is 8.00. The summed E-state index contributed by atoms with van der Waals surface area (Å²) in [7, 11) is 1.49. The Hall–Kier alpha value is -0.520. The topological polar surface area (TPSA) is 46.6 Å². The molecule has 1 fully saturated rings. The first-order chi connectivity index (χ1) is 7.07. The normalized spacial score (nSPS) is 30.1. The van der Waals surface area contributed by atoms with Crippen LogP contribution < -0.4 is 0 Å². The second-order valence-electron chi connectivity index (χ2n) is 3.47. The Labute approximate surface area is 96.6 Å². The van der Waals surface area contributed by atoms with Crippen molar-refractivity contribution in [2.75, 3.05) is 12.9 Å². The SMILES string of the molecule is CO[C@H]1C(=O)N2C(C(=O)Cl)=C(C)CS[C@@H]12. The standard InChI is InChI=1S/C9H10ClNO3S/c1-4-3-15-9-6(14-2)8(13)11(9)5(4)7(10)12/h6,9H,3H2,1-2H3/t6-,9-/m0/s1. The zero-order valence-corrected chi connectivity index (χ0v) is 9.89. The van der Waals surface area contributed by atoms with Crippen LogP contribution in [0, 0.1) is 0 Å². The summed E-state index contributed by atoms with van der Waals surface area (Å²) < 4.78 is 5.04. The summed E-state index contributed by atoms with van der Waals surface area (Å²) in [4.78, 5) is 24.3. The second-order valence-corrected chi connectivity index (χ2v) is 4.92. The van der Waals surface area contributed by atoms with Gasteiger partial charge in [0.15, 0.2) is 6.10 Å². The largest absolute Gasteiger partial charge is 0.368 e. The maximum absolute atomic E-state index is 11.6. The molecule has 0 aliphatic carbocycles. The molecule has 82 valence electrons. The molecule has 0 unspecified atom stereocenters. The number of amides is 1. The molecule has 2 aliphatic rings. The molecule has 1 amide bonds. The van der Waals surface area contributed by atoms with Crippen molar-refractivity contribution >= 4 is 34.5 Å². The van der Waals surface area contributed by atoms with E-state index in [2.05, 4.69) is 0 Å². The Bertz CT molecular complexity index is 368. The summed E-state index contributed by atoms with van der Waals surface area (Å²) in [6.45, 7) is 1.81. The van der Waals surface area contributed by atoms with Gasteiger partial charge in [0.05, 0.1) is 0 Å². The number of β-lactam (4-membered cyclic amide) rings is 1. The van der Waals surface area contributed by atoms with Crippen molar-refractivity contribution in [3.8, 4) is 0 Å². The van der Waals surface area contributed by atoms with Crippen LogP contribution in [-0.2, 0) is 14.3 Å². The molecule has 0 aromatic carbocycles. The quantitative estimate of drug-likeness (QED) is 0.539. The predicted octanol–water partition coefficient (Wildman–Crippen LogP) is 0.956. The fourth-order valence-electron chi connectivity index (χ4n) is 1.80. The highest BCUT2D eigenvalue weighted by atomic mass is 35.5. The molecule has 2 aliphatic heterocycles. The third-order valence-corrected chi connectivity index (χ3v) is 4.13. The number of ether oxygens (including phenoxy) is 1. The van der Waals surface area contributed by atoms with Gasteiger partial charge in [0.25, 0.3) is 11.1 Å².